The molecular weight excluding hydrogens is 216 g/mol. The van der Waals surface area contributed by atoms with Crippen LogP contribution in [-0.4, -0.2) is 9.97 Å². The maximum Gasteiger partial charge on any atom is 0.106 e. The molecular formula is C9H9BrN2. The summed E-state index contributed by atoms with van der Waals surface area (Å²) in [6, 6.07) is 6.07. The summed E-state index contributed by atoms with van der Waals surface area (Å²) in [5, 5.41) is 0. The fourth-order valence-corrected chi connectivity index (χ4v) is 1.55. The maximum absolute atomic E-state index is 4.41. The van der Waals surface area contributed by atoms with Crippen molar-refractivity contribution in [3.63, 3.8) is 0 Å². The lowest BCUT2D eigenvalue weighted by Gasteiger charge is -1.87. The summed E-state index contributed by atoms with van der Waals surface area (Å²) in [7, 11) is 0. The van der Waals surface area contributed by atoms with Crippen molar-refractivity contribution >= 4 is 27.0 Å². The van der Waals surface area contributed by atoms with Gasteiger partial charge in [0.05, 0.1) is 11.0 Å². The van der Waals surface area contributed by atoms with E-state index in [4.69, 9.17) is 0 Å². The smallest absolute Gasteiger partial charge is 0.106 e. The van der Waals surface area contributed by atoms with E-state index < -0.39 is 0 Å². The average molecular weight is 225 g/mol. The minimum atomic E-state index is 0.951. The summed E-state index contributed by atoms with van der Waals surface area (Å²) in [4.78, 5) is 7.65. The number of aromatic amines is 1. The molecule has 0 saturated heterocycles. The van der Waals surface area contributed by atoms with E-state index >= 15 is 0 Å². The number of nitrogens with one attached hydrogen (secondary N) is 1. The third-order valence-corrected chi connectivity index (χ3v) is 2.32. The number of rotatable bonds is 1. The molecule has 0 unspecified atom stereocenters. The Morgan fingerprint density at radius 3 is 3.08 bits per heavy atom. The van der Waals surface area contributed by atoms with Crippen LogP contribution in [-0.2, 0) is 6.42 Å². The monoisotopic (exact) mass is 224 g/mol. The van der Waals surface area contributed by atoms with Crippen molar-refractivity contribution < 1.29 is 0 Å². The first-order valence-corrected chi connectivity index (χ1v) is 4.73. The number of imidazole rings is 1. The highest BCUT2D eigenvalue weighted by Gasteiger charge is 1.99. The van der Waals surface area contributed by atoms with Gasteiger partial charge in [0.1, 0.15) is 5.82 Å². The molecule has 0 radical (unpaired) electrons. The lowest BCUT2D eigenvalue weighted by Crippen LogP contribution is -1.79. The summed E-state index contributed by atoms with van der Waals surface area (Å²) in [6.45, 7) is 2.09. The van der Waals surface area contributed by atoms with Gasteiger partial charge < -0.3 is 4.98 Å². The van der Waals surface area contributed by atoms with Crippen molar-refractivity contribution in [3.05, 3.63) is 28.5 Å². The predicted octanol–water partition coefficient (Wildman–Crippen LogP) is 2.89. The van der Waals surface area contributed by atoms with E-state index in [1.807, 2.05) is 18.2 Å². The van der Waals surface area contributed by atoms with Crippen LogP contribution < -0.4 is 0 Å². The van der Waals surface area contributed by atoms with Crippen LogP contribution in [0.4, 0.5) is 0 Å². The Labute approximate surface area is 79.1 Å². The fourth-order valence-electron chi connectivity index (χ4n) is 1.20. The largest absolute Gasteiger partial charge is 0.342 e. The highest BCUT2D eigenvalue weighted by molar-refractivity contribution is 9.10. The van der Waals surface area contributed by atoms with E-state index in [0.29, 0.717) is 0 Å². The third kappa shape index (κ3) is 1.25. The molecule has 0 bridgehead atoms. The lowest BCUT2D eigenvalue weighted by atomic mass is 10.3. The number of aromatic nitrogens is 2. The van der Waals surface area contributed by atoms with Gasteiger partial charge in [-0.15, -0.1) is 0 Å². The topological polar surface area (TPSA) is 28.7 Å². The summed E-state index contributed by atoms with van der Waals surface area (Å²) in [6.07, 6.45) is 0.951. The molecule has 2 rings (SSSR count). The van der Waals surface area contributed by atoms with Gasteiger partial charge in [-0.25, -0.2) is 4.98 Å². The Hall–Kier alpha value is -0.830. The Morgan fingerprint density at radius 1 is 1.50 bits per heavy atom. The predicted molar refractivity (Wildman–Crippen MR) is 53.2 cm³/mol. The molecule has 62 valence electrons. The number of aryl methyl sites for hydroxylation is 1. The molecule has 0 spiro atoms. The van der Waals surface area contributed by atoms with Gasteiger partial charge in [0.15, 0.2) is 0 Å². The average Bonchev–Trinajstić information content (AvgIpc) is 2.46. The highest BCUT2D eigenvalue weighted by Crippen LogP contribution is 2.17. The van der Waals surface area contributed by atoms with Gasteiger partial charge in [-0.1, -0.05) is 22.9 Å². The normalized spacial score (nSPS) is 10.8. The number of hydrogen-bond donors (Lipinski definition) is 1. The van der Waals surface area contributed by atoms with Crippen LogP contribution in [0.25, 0.3) is 11.0 Å². The van der Waals surface area contributed by atoms with E-state index in [9.17, 15) is 0 Å². The Bertz CT molecular complexity index is 406. The molecule has 0 aliphatic rings. The Kier molecular flexibility index (Phi) is 1.89. The van der Waals surface area contributed by atoms with Gasteiger partial charge in [-0.3, -0.25) is 0 Å². The SMILES string of the molecule is CCc1nc2cc(Br)ccc2[nH]1. The van der Waals surface area contributed by atoms with Crippen LogP contribution in [0.3, 0.4) is 0 Å². The first-order valence-electron chi connectivity index (χ1n) is 3.93. The maximum atomic E-state index is 4.41. The van der Waals surface area contributed by atoms with E-state index in [1.165, 1.54) is 0 Å². The quantitative estimate of drug-likeness (QED) is 0.794. The van der Waals surface area contributed by atoms with Gasteiger partial charge >= 0.3 is 0 Å². The van der Waals surface area contributed by atoms with Crippen LogP contribution in [0.1, 0.15) is 12.7 Å². The number of hydrogen-bond acceptors (Lipinski definition) is 1. The van der Waals surface area contributed by atoms with Crippen molar-refractivity contribution in [2.45, 2.75) is 13.3 Å². The van der Waals surface area contributed by atoms with Crippen molar-refractivity contribution in [1.82, 2.24) is 9.97 Å². The van der Waals surface area contributed by atoms with Crippen LogP contribution in [0.2, 0.25) is 0 Å². The van der Waals surface area contributed by atoms with Gasteiger partial charge in [-0.2, -0.15) is 0 Å². The number of nitrogens with zero attached hydrogens (tertiary/aromatic N) is 1. The lowest BCUT2D eigenvalue weighted by molar-refractivity contribution is 1.00. The summed E-state index contributed by atoms with van der Waals surface area (Å²) in [5.41, 5.74) is 2.14. The molecule has 0 amide bonds. The molecule has 1 aromatic carbocycles. The summed E-state index contributed by atoms with van der Waals surface area (Å²) >= 11 is 3.41. The molecule has 0 atom stereocenters. The fraction of sp³-hybridized carbons (Fsp3) is 0.222. The molecule has 2 aromatic rings. The number of H-pyrrole nitrogens is 1. The molecule has 12 heavy (non-hydrogen) atoms. The molecule has 1 aromatic heterocycles. The summed E-state index contributed by atoms with van der Waals surface area (Å²) < 4.78 is 1.07. The molecule has 0 aliphatic heterocycles. The van der Waals surface area contributed by atoms with Gasteiger partial charge in [0.25, 0.3) is 0 Å². The Morgan fingerprint density at radius 2 is 2.33 bits per heavy atom. The minimum absolute atomic E-state index is 0.951. The third-order valence-electron chi connectivity index (χ3n) is 1.83. The number of benzene rings is 1. The zero-order valence-corrected chi connectivity index (χ0v) is 8.35. The highest BCUT2D eigenvalue weighted by atomic mass is 79.9. The minimum Gasteiger partial charge on any atom is -0.342 e. The van der Waals surface area contributed by atoms with E-state index in [1.54, 1.807) is 0 Å². The van der Waals surface area contributed by atoms with Gasteiger partial charge in [-0.05, 0) is 18.2 Å². The van der Waals surface area contributed by atoms with Crippen LogP contribution in [0, 0.1) is 0 Å². The van der Waals surface area contributed by atoms with Crippen LogP contribution >= 0.6 is 15.9 Å². The van der Waals surface area contributed by atoms with Gasteiger partial charge in [0, 0.05) is 10.9 Å². The van der Waals surface area contributed by atoms with E-state index in [-0.39, 0.29) is 0 Å². The zero-order chi connectivity index (χ0) is 8.55. The second-order valence-corrected chi connectivity index (χ2v) is 3.61. The second kappa shape index (κ2) is 2.90. The van der Waals surface area contributed by atoms with Crippen molar-refractivity contribution in [3.8, 4) is 0 Å². The first-order chi connectivity index (χ1) is 5.79. The zero-order valence-electron chi connectivity index (χ0n) is 6.76. The molecule has 2 nitrogen and oxygen atoms in total. The Balaban J connectivity index is 2.67. The number of fused-ring (bicyclic) bond motifs is 1. The molecule has 1 heterocycles. The van der Waals surface area contributed by atoms with Crippen molar-refractivity contribution in [1.29, 1.82) is 0 Å². The molecule has 0 fully saturated rings. The standard InChI is InChI=1S/C9H9BrN2/c1-2-9-11-7-4-3-6(10)5-8(7)12-9/h3-5H,2H2,1H3,(H,11,12). The number of halogens is 1. The molecule has 0 aliphatic carbocycles. The first kappa shape index (κ1) is 7.80. The molecule has 1 N–H and O–H groups in total. The van der Waals surface area contributed by atoms with Crippen molar-refractivity contribution in [2.24, 2.45) is 0 Å². The second-order valence-electron chi connectivity index (χ2n) is 2.70. The molecule has 3 heteroatoms. The summed E-state index contributed by atoms with van der Waals surface area (Å²) in [5.74, 6) is 1.04. The molecule has 0 saturated carbocycles. The van der Waals surface area contributed by atoms with Crippen molar-refractivity contribution in [2.75, 3.05) is 0 Å². The van der Waals surface area contributed by atoms with E-state index in [2.05, 4.69) is 32.8 Å². The van der Waals surface area contributed by atoms with E-state index in [0.717, 1.165) is 27.8 Å². The van der Waals surface area contributed by atoms with Gasteiger partial charge in [0.2, 0.25) is 0 Å². The van der Waals surface area contributed by atoms with Crippen LogP contribution in [0.5, 0.6) is 0 Å². The van der Waals surface area contributed by atoms with Crippen LogP contribution in [0.15, 0.2) is 22.7 Å².